The number of ether oxygens (including phenoxy) is 1. The molecule has 0 aliphatic carbocycles. The van der Waals surface area contributed by atoms with Gasteiger partial charge in [0.1, 0.15) is 0 Å². The van der Waals surface area contributed by atoms with Gasteiger partial charge in [-0.3, -0.25) is 4.79 Å². The first kappa shape index (κ1) is 15.4. The van der Waals surface area contributed by atoms with Gasteiger partial charge in [0.05, 0.1) is 12.6 Å². The van der Waals surface area contributed by atoms with Crippen LogP contribution in [0.15, 0.2) is 0 Å². The Morgan fingerprint density at radius 1 is 1.19 bits per heavy atom. The standard InChI is InChI=1S/C13H27NO2/c1-5-6-7-8-9-12(4)14-10-13(15)16-11(2)3/h11-12,14H,5-10H2,1-4H3. The summed E-state index contributed by atoms with van der Waals surface area (Å²) in [4.78, 5) is 11.2. The van der Waals surface area contributed by atoms with E-state index in [1.54, 1.807) is 0 Å². The first-order chi connectivity index (χ1) is 7.56. The summed E-state index contributed by atoms with van der Waals surface area (Å²) in [7, 11) is 0. The monoisotopic (exact) mass is 229 g/mol. The van der Waals surface area contributed by atoms with Gasteiger partial charge in [0, 0.05) is 6.04 Å². The summed E-state index contributed by atoms with van der Waals surface area (Å²) in [5, 5.41) is 3.19. The summed E-state index contributed by atoms with van der Waals surface area (Å²) in [6.45, 7) is 8.39. The van der Waals surface area contributed by atoms with Crippen LogP contribution in [0, 0.1) is 0 Å². The van der Waals surface area contributed by atoms with E-state index in [4.69, 9.17) is 4.74 Å². The lowest BCUT2D eigenvalue weighted by Crippen LogP contribution is -2.33. The molecule has 1 N–H and O–H groups in total. The van der Waals surface area contributed by atoms with Gasteiger partial charge in [0.25, 0.3) is 0 Å². The number of carbonyl (C=O) groups excluding carboxylic acids is 1. The summed E-state index contributed by atoms with van der Waals surface area (Å²) in [6, 6.07) is 0.400. The fraction of sp³-hybridized carbons (Fsp3) is 0.923. The third kappa shape index (κ3) is 9.97. The molecular weight excluding hydrogens is 202 g/mol. The van der Waals surface area contributed by atoms with Crippen LogP contribution in [-0.2, 0) is 9.53 Å². The van der Waals surface area contributed by atoms with E-state index in [2.05, 4.69) is 19.2 Å². The Kier molecular flexibility index (Phi) is 9.30. The van der Waals surface area contributed by atoms with Crippen molar-refractivity contribution in [1.29, 1.82) is 0 Å². The zero-order valence-corrected chi connectivity index (χ0v) is 11.2. The molecule has 0 saturated heterocycles. The molecule has 1 unspecified atom stereocenters. The van der Waals surface area contributed by atoms with Crippen molar-refractivity contribution >= 4 is 5.97 Å². The molecule has 1 atom stereocenters. The topological polar surface area (TPSA) is 38.3 Å². The minimum absolute atomic E-state index is 0.0193. The molecule has 0 rings (SSSR count). The van der Waals surface area contributed by atoms with Gasteiger partial charge in [-0.1, -0.05) is 32.6 Å². The van der Waals surface area contributed by atoms with Crippen molar-refractivity contribution in [2.45, 2.75) is 71.9 Å². The molecule has 0 radical (unpaired) electrons. The second-order valence-corrected chi connectivity index (χ2v) is 4.67. The molecule has 0 aromatic heterocycles. The Hall–Kier alpha value is -0.570. The highest BCUT2D eigenvalue weighted by Crippen LogP contribution is 2.05. The third-order valence-electron chi connectivity index (χ3n) is 2.45. The van der Waals surface area contributed by atoms with Crippen molar-refractivity contribution in [2.75, 3.05) is 6.54 Å². The minimum atomic E-state index is -0.157. The van der Waals surface area contributed by atoms with Gasteiger partial charge in [-0.15, -0.1) is 0 Å². The van der Waals surface area contributed by atoms with Gasteiger partial charge in [-0.25, -0.2) is 0 Å². The highest BCUT2D eigenvalue weighted by molar-refractivity contribution is 5.71. The molecular formula is C13H27NO2. The lowest BCUT2D eigenvalue weighted by atomic mass is 10.1. The van der Waals surface area contributed by atoms with Crippen molar-refractivity contribution in [3.63, 3.8) is 0 Å². The summed E-state index contributed by atoms with van der Waals surface area (Å²) in [5.74, 6) is -0.157. The fourth-order valence-corrected chi connectivity index (χ4v) is 1.54. The number of rotatable bonds is 9. The van der Waals surface area contributed by atoms with Crippen LogP contribution in [-0.4, -0.2) is 24.7 Å². The fourth-order valence-electron chi connectivity index (χ4n) is 1.54. The molecule has 0 aromatic rings. The molecule has 0 aliphatic rings. The molecule has 0 aliphatic heterocycles. The van der Waals surface area contributed by atoms with Crippen LogP contribution in [0.25, 0.3) is 0 Å². The van der Waals surface area contributed by atoms with Crippen molar-refractivity contribution in [2.24, 2.45) is 0 Å². The molecule has 0 heterocycles. The molecule has 0 fully saturated rings. The van der Waals surface area contributed by atoms with Gasteiger partial charge in [0.2, 0.25) is 0 Å². The lowest BCUT2D eigenvalue weighted by Gasteiger charge is -2.14. The molecule has 0 bridgehead atoms. The minimum Gasteiger partial charge on any atom is -0.462 e. The molecule has 0 aromatic carbocycles. The van der Waals surface area contributed by atoms with Gasteiger partial charge < -0.3 is 10.1 Å². The summed E-state index contributed by atoms with van der Waals surface area (Å²) < 4.78 is 5.04. The molecule has 0 saturated carbocycles. The first-order valence-electron chi connectivity index (χ1n) is 6.49. The first-order valence-corrected chi connectivity index (χ1v) is 6.49. The van der Waals surface area contributed by atoms with Crippen molar-refractivity contribution in [3.05, 3.63) is 0 Å². The van der Waals surface area contributed by atoms with Crippen LogP contribution >= 0.6 is 0 Å². The Labute approximate surface area is 99.9 Å². The maximum absolute atomic E-state index is 11.2. The maximum atomic E-state index is 11.2. The number of hydrogen-bond donors (Lipinski definition) is 1. The Morgan fingerprint density at radius 2 is 1.88 bits per heavy atom. The predicted molar refractivity (Wildman–Crippen MR) is 67.5 cm³/mol. The van der Waals surface area contributed by atoms with Crippen LogP contribution in [0.2, 0.25) is 0 Å². The summed E-state index contributed by atoms with van der Waals surface area (Å²) >= 11 is 0. The quantitative estimate of drug-likeness (QED) is 0.488. The smallest absolute Gasteiger partial charge is 0.320 e. The van der Waals surface area contributed by atoms with E-state index in [0.717, 1.165) is 6.42 Å². The van der Waals surface area contributed by atoms with Crippen LogP contribution in [0.1, 0.15) is 59.8 Å². The van der Waals surface area contributed by atoms with E-state index < -0.39 is 0 Å². The van der Waals surface area contributed by atoms with Crippen molar-refractivity contribution in [3.8, 4) is 0 Å². The second kappa shape index (κ2) is 9.64. The zero-order valence-electron chi connectivity index (χ0n) is 11.2. The zero-order chi connectivity index (χ0) is 12.4. The lowest BCUT2D eigenvalue weighted by molar-refractivity contribution is -0.146. The van der Waals surface area contributed by atoms with E-state index in [1.165, 1.54) is 25.7 Å². The highest BCUT2D eigenvalue weighted by atomic mass is 16.5. The van der Waals surface area contributed by atoms with Gasteiger partial charge in [0.15, 0.2) is 0 Å². The van der Waals surface area contributed by atoms with Gasteiger partial charge in [-0.2, -0.15) is 0 Å². The normalized spacial score (nSPS) is 12.8. The average molecular weight is 229 g/mol. The van der Waals surface area contributed by atoms with Crippen molar-refractivity contribution < 1.29 is 9.53 Å². The molecule has 96 valence electrons. The van der Waals surface area contributed by atoms with E-state index in [-0.39, 0.29) is 12.1 Å². The largest absolute Gasteiger partial charge is 0.462 e. The Morgan fingerprint density at radius 3 is 2.44 bits per heavy atom. The molecule has 16 heavy (non-hydrogen) atoms. The van der Waals surface area contributed by atoms with Crippen LogP contribution < -0.4 is 5.32 Å². The molecule has 0 amide bonds. The molecule has 0 spiro atoms. The average Bonchev–Trinajstić information content (AvgIpc) is 2.20. The number of hydrogen-bond acceptors (Lipinski definition) is 3. The van der Waals surface area contributed by atoms with Crippen LogP contribution in [0.3, 0.4) is 0 Å². The summed E-state index contributed by atoms with van der Waals surface area (Å²) in [5.41, 5.74) is 0. The number of nitrogens with one attached hydrogen (secondary N) is 1. The number of carbonyl (C=O) groups is 1. The number of unbranched alkanes of at least 4 members (excludes halogenated alkanes) is 3. The van der Waals surface area contributed by atoms with E-state index in [1.807, 2.05) is 13.8 Å². The summed E-state index contributed by atoms with van der Waals surface area (Å²) in [6.07, 6.45) is 6.22. The SMILES string of the molecule is CCCCCCC(C)NCC(=O)OC(C)C. The maximum Gasteiger partial charge on any atom is 0.320 e. The molecule has 3 heteroatoms. The Balaban J connectivity index is 3.42. The van der Waals surface area contributed by atoms with Crippen molar-refractivity contribution in [1.82, 2.24) is 5.32 Å². The molecule has 3 nitrogen and oxygen atoms in total. The Bertz CT molecular complexity index is 181. The van der Waals surface area contributed by atoms with Gasteiger partial charge >= 0.3 is 5.97 Å². The van der Waals surface area contributed by atoms with Gasteiger partial charge in [-0.05, 0) is 27.2 Å². The van der Waals surface area contributed by atoms with E-state index >= 15 is 0 Å². The second-order valence-electron chi connectivity index (χ2n) is 4.67. The van der Waals surface area contributed by atoms with Crippen LogP contribution in [0.4, 0.5) is 0 Å². The third-order valence-corrected chi connectivity index (χ3v) is 2.45. The van der Waals surface area contributed by atoms with E-state index in [0.29, 0.717) is 12.6 Å². The predicted octanol–water partition coefficient (Wildman–Crippen LogP) is 2.89. The van der Waals surface area contributed by atoms with Crippen LogP contribution in [0.5, 0.6) is 0 Å². The number of esters is 1. The highest BCUT2D eigenvalue weighted by Gasteiger charge is 2.07. The van der Waals surface area contributed by atoms with E-state index in [9.17, 15) is 4.79 Å².